The molecule has 2 rings (SSSR count). The molecule has 0 saturated heterocycles. The summed E-state index contributed by atoms with van der Waals surface area (Å²) in [5, 5.41) is 3.39. The van der Waals surface area contributed by atoms with E-state index in [2.05, 4.69) is 49.2 Å². The van der Waals surface area contributed by atoms with E-state index >= 15 is 0 Å². The van der Waals surface area contributed by atoms with Crippen molar-refractivity contribution in [2.45, 2.75) is 64.3 Å². The summed E-state index contributed by atoms with van der Waals surface area (Å²) in [6.07, 6.45) is 8.09. The standard InChI is InChI=1S/C16H27N3/c1-16(2,3)15-10-14(18-11-19-15)9-12-5-7-13(17-4)8-6-12/h10-13,17H,5-9H2,1-4H3. The summed E-state index contributed by atoms with van der Waals surface area (Å²) in [5.74, 6) is 0.798. The molecule has 1 N–H and O–H groups in total. The molecule has 1 aliphatic rings. The highest BCUT2D eigenvalue weighted by Crippen LogP contribution is 2.27. The highest BCUT2D eigenvalue weighted by atomic mass is 14.9. The van der Waals surface area contributed by atoms with Crippen LogP contribution in [0.3, 0.4) is 0 Å². The molecule has 0 aliphatic heterocycles. The van der Waals surface area contributed by atoms with Crippen LogP contribution in [0, 0.1) is 5.92 Å². The van der Waals surface area contributed by atoms with Crippen LogP contribution < -0.4 is 5.32 Å². The molecule has 0 atom stereocenters. The number of nitrogens with zero attached hydrogens (tertiary/aromatic N) is 2. The number of aromatic nitrogens is 2. The summed E-state index contributed by atoms with van der Waals surface area (Å²) >= 11 is 0. The summed E-state index contributed by atoms with van der Waals surface area (Å²) in [7, 11) is 2.07. The van der Waals surface area contributed by atoms with Crippen molar-refractivity contribution in [3.05, 3.63) is 23.8 Å². The van der Waals surface area contributed by atoms with E-state index in [0.29, 0.717) is 0 Å². The second-order valence-corrected chi connectivity index (χ2v) is 6.86. The molecule has 1 fully saturated rings. The van der Waals surface area contributed by atoms with Crippen molar-refractivity contribution in [1.82, 2.24) is 15.3 Å². The second kappa shape index (κ2) is 6.00. The fraction of sp³-hybridized carbons (Fsp3) is 0.750. The first-order valence-electron chi connectivity index (χ1n) is 7.47. The van der Waals surface area contributed by atoms with Crippen LogP contribution in [0.4, 0.5) is 0 Å². The lowest BCUT2D eigenvalue weighted by atomic mass is 9.83. The lowest BCUT2D eigenvalue weighted by Gasteiger charge is -2.28. The minimum atomic E-state index is 0.113. The molecule has 0 amide bonds. The Morgan fingerprint density at radius 2 is 1.84 bits per heavy atom. The van der Waals surface area contributed by atoms with Crippen molar-refractivity contribution >= 4 is 0 Å². The monoisotopic (exact) mass is 261 g/mol. The average Bonchev–Trinajstić information content (AvgIpc) is 2.39. The molecule has 0 spiro atoms. The van der Waals surface area contributed by atoms with Gasteiger partial charge in [-0.05, 0) is 51.1 Å². The first kappa shape index (κ1) is 14.4. The fourth-order valence-corrected chi connectivity index (χ4v) is 2.87. The van der Waals surface area contributed by atoms with E-state index in [1.807, 2.05) is 0 Å². The molecule has 1 saturated carbocycles. The van der Waals surface area contributed by atoms with E-state index in [1.54, 1.807) is 6.33 Å². The molecule has 0 bridgehead atoms. The van der Waals surface area contributed by atoms with Gasteiger partial charge >= 0.3 is 0 Å². The van der Waals surface area contributed by atoms with Gasteiger partial charge in [-0.15, -0.1) is 0 Å². The molecule has 1 aromatic rings. The lowest BCUT2D eigenvalue weighted by molar-refractivity contribution is 0.299. The predicted octanol–water partition coefficient (Wildman–Crippen LogP) is 3.09. The van der Waals surface area contributed by atoms with Crippen molar-refractivity contribution in [1.29, 1.82) is 0 Å². The number of hydrogen-bond acceptors (Lipinski definition) is 3. The quantitative estimate of drug-likeness (QED) is 0.908. The van der Waals surface area contributed by atoms with Crippen molar-refractivity contribution in [2.75, 3.05) is 7.05 Å². The van der Waals surface area contributed by atoms with Gasteiger partial charge in [0.15, 0.2) is 0 Å². The second-order valence-electron chi connectivity index (χ2n) is 6.86. The van der Waals surface area contributed by atoms with E-state index in [-0.39, 0.29) is 5.41 Å². The van der Waals surface area contributed by atoms with E-state index in [0.717, 1.165) is 24.1 Å². The Hall–Kier alpha value is -0.960. The van der Waals surface area contributed by atoms with Gasteiger partial charge in [0.2, 0.25) is 0 Å². The molecule has 3 nitrogen and oxygen atoms in total. The molecule has 1 aromatic heterocycles. The third-order valence-electron chi connectivity index (χ3n) is 4.24. The number of rotatable bonds is 3. The van der Waals surface area contributed by atoms with Crippen LogP contribution >= 0.6 is 0 Å². The predicted molar refractivity (Wildman–Crippen MR) is 79.2 cm³/mol. The van der Waals surface area contributed by atoms with Crippen molar-refractivity contribution in [3.8, 4) is 0 Å². The van der Waals surface area contributed by atoms with Crippen LogP contribution in [0.15, 0.2) is 12.4 Å². The molecule has 0 unspecified atom stereocenters. The van der Waals surface area contributed by atoms with Gasteiger partial charge in [-0.25, -0.2) is 9.97 Å². The molecule has 3 heteroatoms. The van der Waals surface area contributed by atoms with Crippen LogP contribution in [0.5, 0.6) is 0 Å². The van der Waals surface area contributed by atoms with E-state index < -0.39 is 0 Å². The Labute approximate surface area is 117 Å². The van der Waals surface area contributed by atoms with E-state index in [4.69, 9.17) is 0 Å². The Bertz CT molecular complexity index is 401. The minimum Gasteiger partial charge on any atom is -0.317 e. The van der Waals surface area contributed by atoms with Crippen LogP contribution in [0.25, 0.3) is 0 Å². The number of nitrogens with one attached hydrogen (secondary N) is 1. The molecule has 19 heavy (non-hydrogen) atoms. The Morgan fingerprint density at radius 1 is 1.16 bits per heavy atom. The number of hydrogen-bond donors (Lipinski definition) is 1. The largest absolute Gasteiger partial charge is 0.317 e. The summed E-state index contributed by atoms with van der Waals surface area (Å²) in [5.41, 5.74) is 2.48. The van der Waals surface area contributed by atoms with Gasteiger partial charge in [0, 0.05) is 22.8 Å². The molecule has 106 valence electrons. The highest BCUT2D eigenvalue weighted by molar-refractivity contribution is 5.16. The first-order chi connectivity index (χ1) is 8.99. The summed E-state index contributed by atoms with van der Waals surface area (Å²) in [4.78, 5) is 8.87. The summed E-state index contributed by atoms with van der Waals surface area (Å²) < 4.78 is 0. The Morgan fingerprint density at radius 3 is 2.42 bits per heavy atom. The maximum Gasteiger partial charge on any atom is 0.115 e. The zero-order valence-corrected chi connectivity index (χ0v) is 12.7. The van der Waals surface area contributed by atoms with E-state index in [1.165, 1.54) is 31.4 Å². The van der Waals surface area contributed by atoms with Gasteiger partial charge in [0.05, 0.1) is 0 Å². The molecule has 0 aromatic carbocycles. The van der Waals surface area contributed by atoms with Gasteiger partial charge in [-0.1, -0.05) is 20.8 Å². The van der Waals surface area contributed by atoms with Crippen LogP contribution in [-0.4, -0.2) is 23.1 Å². The van der Waals surface area contributed by atoms with Crippen molar-refractivity contribution in [2.24, 2.45) is 5.92 Å². The smallest absolute Gasteiger partial charge is 0.115 e. The van der Waals surface area contributed by atoms with Crippen LogP contribution in [0.1, 0.15) is 57.8 Å². The first-order valence-corrected chi connectivity index (χ1v) is 7.47. The lowest BCUT2D eigenvalue weighted by Crippen LogP contribution is -2.30. The zero-order chi connectivity index (χ0) is 13.9. The van der Waals surface area contributed by atoms with Gasteiger partial charge in [-0.2, -0.15) is 0 Å². The normalized spacial score (nSPS) is 24.4. The summed E-state index contributed by atoms with van der Waals surface area (Å²) in [6, 6.07) is 2.93. The Kier molecular flexibility index (Phi) is 4.56. The van der Waals surface area contributed by atoms with Crippen molar-refractivity contribution < 1.29 is 0 Å². The summed E-state index contributed by atoms with van der Waals surface area (Å²) in [6.45, 7) is 6.62. The third-order valence-corrected chi connectivity index (χ3v) is 4.24. The van der Waals surface area contributed by atoms with Crippen molar-refractivity contribution in [3.63, 3.8) is 0 Å². The minimum absolute atomic E-state index is 0.113. The van der Waals surface area contributed by atoms with Gasteiger partial charge in [-0.3, -0.25) is 0 Å². The van der Waals surface area contributed by atoms with Gasteiger partial charge < -0.3 is 5.32 Å². The average molecular weight is 261 g/mol. The van der Waals surface area contributed by atoms with Crippen LogP contribution in [0.2, 0.25) is 0 Å². The Balaban J connectivity index is 1.97. The molecular weight excluding hydrogens is 234 g/mol. The zero-order valence-electron chi connectivity index (χ0n) is 12.7. The molecule has 1 heterocycles. The maximum atomic E-state index is 4.46. The van der Waals surface area contributed by atoms with Gasteiger partial charge in [0.25, 0.3) is 0 Å². The van der Waals surface area contributed by atoms with E-state index in [9.17, 15) is 0 Å². The topological polar surface area (TPSA) is 37.8 Å². The molecule has 0 radical (unpaired) electrons. The molecule has 1 aliphatic carbocycles. The maximum absolute atomic E-state index is 4.46. The van der Waals surface area contributed by atoms with Gasteiger partial charge in [0.1, 0.15) is 6.33 Å². The molecular formula is C16H27N3. The van der Waals surface area contributed by atoms with Crippen LogP contribution in [-0.2, 0) is 11.8 Å². The highest BCUT2D eigenvalue weighted by Gasteiger charge is 2.21. The third kappa shape index (κ3) is 4.00. The fourth-order valence-electron chi connectivity index (χ4n) is 2.87. The SMILES string of the molecule is CNC1CCC(Cc2cc(C(C)(C)C)ncn2)CC1.